The number of rotatable bonds is 4. The molecule has 0 atom stereocenters. The fourth-order valence-corrected chi connectivity index (χ4v) is 2.20. The molecule has 0 heterocycles. The number of methoxy groups -OCH3 is 1. The largest absolute Gasteiger partial charge is 0.504 e. The molecule has 0 aliphatic rings. The molecule has 0 saturated heterocycles. The van der Waals surface area contributed by atoms with Crippen LogP contribution in [0, 0.1) is 0 Å². The van der Waals surface area contributed by atoms with Gasteiger partial charge >= 0.3 is 0 Å². The maximum Gasteiger partial charge on any atom is 0.271 e. The van der Waals surface area contributed by atoms with E-state index in [9.17, 15) is 9.90 Å². The molecule has 0 aliphatic heterocycles. The van der Waals surface area contributed by atoms with Crippen LogP contribution in [0.3, 0.4) is 0 Å². The van der Waals surface area contributed by atoms with Gasteiger partial charge in [-0.25, -0.2) is 5.43 Å². The molecule has 0 aliphatic carbocycles. The number of phenols is 1. The number of carbonyl (C=O) groups is 1. The van der Waals surface area contributed by atoms with Gasteiger partial charge in [0.05, 0.1) is 12.8 Å². The van der Waals surface area contributed by atoms with Crippen LogP contribution in [0.2, 0.25) is 0 Å². The maximum absolute atomic E-state index is 12.0. The van der Waals surface area contributed by atoms with Crippen molar-refractivity contribution in [3.63, 3.8) is 0 Å². The van der Waals surface area contributed by atoms with Crippen LogP contribution in [-0.2, 0) is 0 Å². The first kappa shape index (κ1) is 16.0. The number of aromatic hydroxyl groups is 1. The van der Waals surface area contributed by atoms with Crippen molar-refractivity contribution in [3.05, 3.63) is 58.1 Å². The lowest BCUT2D eigenvalue weighted by molar-refractivity contribution is 0.0955. The van der Waals surface area contributed by atoms with E-state index in [4.69, 9.17) is 4.74 Å². The van der Waals surface area contributed by atoms with Crippen LogP contribution in [0.1, 0.15) is 22.8 Å². The molecule has 114 valence electrons. The number of carbonyl (C=O) groups excluding carboxylic acids is 1. The lowest BCUT2D eigenvalue weighted by Gasteiger charge is -2.07. The summed E-state index contributed by atoms with van der Waals surface area (Å²) in [4.78, 5) is 12.0. The molecule has 2 rings (SSSR count). The zero-order valence-corrected chi connectivity index (χ0v) is 13.7. The molecule has 0 saturated carbocycles. The average Bonchev–Trinajstić information content (AvgIpc) is 2.52. The van der Waals surface area contributed by atoms with Gasteiger partial charge in [0.1, 0.15) is 0 Å². The lowest BCUT2D eigenvalue weighted by atomic mass is 10.1. The van der Waals surface area contributed by atoms with Gasteiger partial charge in [-0.3, -0.25) is 4.79 Å². The van der Waals surface area contributed by atoms with E-state index in [0.717, 1.165) is 10.0 Å². The number of halogens is 1. The third kappa shape index (κ3) is 3.85. The molecule has 22 heavy (non-hydrogen) atoms. The number of phenolic OH excluding ortho intramolecular Hbond substituents is 1. The number of hydrogen-bond donors (Lipinski definition) is 2. The highest BCUT2D eigenvalue weighted by molar-refractivity contribution is 9.10. The van der Waals surface area contributed by atoms with Crippen LogP contribution < -0.4 is 10.2 Å². The van der Waals surface area contributed by atoms with E-state index in [2.05, 4.69) is 26.5 Å². The van der Waals surface area contributed by atoms with E-state index in [0.29, 0.717) is 17.0 Å². The second-order valence-electron chi connectivity index (χ2n) is 4.54. The third-order valence-corrected chi connectivity index (χ3v) is 3.50. The quantitative estimate of drug-likeness (QED) is 0.647. The summed E-state index contributed by atoms with van der Waals surface area (Å²) in [6, 6.07) is 11.9. The summed E-state index contributed by atoms with van der Waals surface area (Å²) in [6.07, 6.45) is 0. The Labute approximate surface area is 136 Å². The molecule has 2 aromatic rings. The van der Waals surface area contributed by atoms with E-state index in [-0.39, 0.29) is 11.7 Å². The molecule has 0 bridgehead atoms. The Bertz CT molecular complexity index is 729. The first-order chi connectivity index (χ1) is 10.5. The Hall–Kier alpha value is -2.34. The molecular weight excluding hydrogens is 348 g/mol. The zero-order valence-electron chi connectivity index (χ0n) is 12.1. The smallest absolute Gasteiger partial charge is 0.271 e. The van der Waals surface area contributed by atoms with Crippen molar-refractivity contribution in [2.75, 3.05) is 7.11 Å². The van der Waals surface area contributed by atoms with Crippen molar-refractivity contribution in [1.29, 1.82) is 0 Å². The maximum atomic E-state index is 12.0. The van der Waals surface area contributed by atoms with Crippen molar-refractivity contribution < 1.29 is 14.6 Å². The lowest BCUT2D eigenvalue weighted by Crippen LogP contribution is -2.19. The zero-order chi connectivity index (χ0) is 16.1. The van der Waals surface area contributed by atoms with E-state index < -0.39 is 0 Å². The molecule has 0 radical (unpaired) electrons. The summed E-state index contributed by atoms with van der Waals surface area (Å²) in [5.74, 6) is 0.106. The number of hydrazone groups is 1. The molecule has 0 unspecified atom stereocenters. The van der Waals surface area contributed by atoms with Gasteiger partial charge in [0, 0.05) is 15.6 Å². The monoisotopic (exact) mass is 362 g/mol. The highest BCUT2D eigenvalue weighted by Gasteiger charge is 2.07. The van der Waals surface area contributed by atoms with E-state index in [1.54, 1.807) is 37.3 Å². The van der Waals surface area contributed by atoms with Crippen molar-refractivity contribution in [2.45, 2.75) is 6.92 Å². The highest BCUT2D eigenvalue weighted by Crippen LogP contribution is 2.26. The number of nitrogens with one attached hydrogen (secondary N) is 1. The summed E-state index contributed by atoms with van der Waals surface area (Å²) in [7, 11) is 1.47. The minimum atomic E-state index is -0.300. The van der Waals surface area contributed by atoms with Gasteiger partial charge in [-0.05, 0) is 43.3 Å². The summed E-state index contributed by atoms with van der Waals surface area (Å²) >= 11 is 3.32. The van der Waals surface area contributed by atoms with Gasteiger partial charge in [-0.15, -0.1) is 0 Å². The molecular formula is C16H15BrN2O3. The fourth-order valence-electron chi connectivity index (χ4n) is 1.80. The SMILES string of the molecule is COc1cc(C(C)=NNC(=O)c2cccc(Br)c2)ccc1O. The number of hydrogen-bond acceptors (Lipinski definition) is 4. The average molecular weight is 363 g/mol. The summed E-state index contributed by atoms with van der Waals surface area (Å²) in [6.45, 7) is 1.76. The predicted octanol–water partition coefficient (Wildman–Crippen LogP) is 3.32. The van der Waals surface area contributed by atoms with Gasteiger partial charge in [0.15, 0.2) is 11.5 Å². The molecule has 6 heteroatoms. The molecule has 0 fully saturated rings. The molecule has 0 spiro atoms. The van der Waals surface area contributed by atoms with Crippen LogP contribution in [-0.4, -0.2) is 23.8 Å². The molecule has 2 N–H and O–H groups in total. The second-order valence-corrected chi connectivity index (χ2v) is 5.45. The molecule has 1 amide bonds. The summed E-state index contributed by atoms with van der Waals surface area (Å²) < 4.78 is 5.87. The van der Waals surface area contributed by atoms with Gasteiger partial charge in [0.25, 0.3) is 5.91 Å². The van der Waals surface area contributed by atoms with Gasteiger partial charge in [-0.2, -0.15) is 5.10 Å². The van der Waals surface area contributed by atoms with Gasteiger partial charge in [0.2, 0.25) is 0 Å². The Morgan fingerprint density at radius 1 is 1.23 bits per heavy atom. The summed E-state index contributed by atoms with van der Waals surface area (Å²) in [5.41, 5.74) is 4.35. The minimum absolute atomic E-state index is 0.0530. The highest BCUT2D eigenvalue weighted by atomic mass is 79.9. The van der Waals surface area contributed by atoms with Gasteiger partial charge < -0.3 is 9.84 Å². The molecule has 2 aromatic carbocycles. The van der Waals surface area contributed by atoms with Gasteiger partial charge in [-0.1, -0.05) is 22.0 Å². The van der Waals surface area contributed by atoms with E-state index >= 15 is 0 Å². The standard InChI is InChI=1S/C16H15BrN2O3/c1-10(11-6-7-14(20)15(9-11)22-2)18-19-16(21)12-4-3-5-13(17)8-12/h3-9,20H,1-2H3,(H,19,21). The number of ether oxygens (including phenoxy) is 1. The van der Waals surface area contributed by atoms with Crippen LogP contribution in [0.25, 0.3) is 0 Å². The van der Waals surface area contributed by atoms with Crippen molar-refractivity contribution in [3.8, 4) is 11.5 Å². The Balaban J connectivity index is 2.14. The number of amides is 1. The number of nitrogens with zero attached hydrogens (tertiary/aromatic N) is 1. The Morgan fingerprint density at radius 3 is 2.68 bits per heavy atom. The first-order valence-electron chi connectivity index (χ1n) is 6.49. The van der Waals surface area contributed by atoms with Crippen LogP contribution in [0.5, 0.6) is 11.5 Å². The van der Waals surface area contributed by atoms with Crippen LogP contribution >= 0.6 is 15.9 Å². The topological polar surface area (TPSA) is 70.9 Å². The minimum Gasteiger partial charge on any atom is -0.504 e. The molecule has 5 nitrogen and oxygen atoms in total. The predicted molar refractivity (Wildman–Crippen MR) is 88.5 cm³/mol. The third-order valence-electron chi connectivity index (χ3n) is 3.01. The first-order valence-corrected chi connectivity index (χ1v) is 7.28. The normalized spacial score (nSPS) is 11.1. The molecule has 0 aromatic heterocycles. The second kappa shape index (κ2) is 7.09. The van der Waals surface area contributed by atoms with Crippen molar-refractivity contribution in [2.24, 2.45) is 5.10 Å². The Morgan fingerprint density at radius 2 is 2.00 bits per heavy atom. The van der Waals surface area contributed by atoms with E-state index in [1.807, 2.05) is 6.07 Å². The fraction of sp³-hybridized carbons (Fsp3) is 0.125. The Kier molecular flexibility index (Phi) is 5.16. The van der Waals surface area contributed by atoms with Crippen LogP contribution in [0.15, 0.2) is 52.0 Å². The summed E-state index contributed by atoms with van der Waals surface area (Å²) in [5, 5.41) is 13.6. The number of benzene rings is 2. The van der Waals surface area contributed by atoms with E-state index in [1.165, 1.54) is 13.2 Å². The van der Waals surface area contributed by atoms with Crippen molar-refractivity contribution in [1.82, 2.24) is 5.43 Å². The van der Waals surface area contributed by atoms with Crippen LogP contribution in [0.4, 0.5) is 0 Å². The van der Waals surface area contributed by atoms with Crippen molar-refractivity contribution >= 4 is 27.5 Å².